The van der Waals surface area contributed by atoms with Gasteiger partial charge in [-0.3, -0.25) is 9.59 Å². The van der Waals surface area contributed by atoms with Crippen LogP contribution in [0.15, 0.2) is 0 Å². The summed E-state index contributed by atoms with van der Waals surface area (Å²) in [4.78, 5) is 28.6. The molecule has 1 aliphatic carbocycles. The Morgan fingerprint density at radius 1 is 0.607 bits per heavy atom. The van der Waals surface area contributed by atoms with Crippen LogP contribution in [0.3, 0.4) is 0 Å². The number of nitrogens with zero attached hydrogens (tertiary/aromatic N) is 1. The van der Waals surface area contributed by atoms with Gasteiger partial charge in [-0.15, -0.1) is 0 Å². The second kappa shape index (κ2) is 35.8. The van der Waals surface area contributed by atoms with Gasteiger partial charge in [-0.2, -0.15) is 0 Å². The van der Waals surface area contributed by atoms with Crippen LogP contribution >= 0.6 is 0 Å². The van der Waals surface area contributed by atoms with E-state index in [1.54, 1.807) is 0 Å². The zero-order valence-electron chi connectivity index (χ0n) is 38.4. The highest BCUT2D eigenvalue weighted by molar-refractivity contribution is 5.77. The van der Waals surface area contributed by atoms with Crippen LogP contribution in [0.4, 0.5) is 0 Å². The van der Waals surface area contributed by atoms with E-state index in [4.69, 9.17) is 9.47 Å². The van der Waals surface area contributed by atoms with Crippen LogP contribution < -0.4 is 0 Å². The van der Waals surface area contributed by atoms with Gasteiger partial charge in [0.1, 0.15) is 6.10 Å². The lowest BCUT2D eigenvalue weighted by Gasteiger charge is -2.30. The maximum absolute atomic E-state index is 13.9. The number of unbranched alkanes of at least 4 members (excludes halogenated alkanes) is 21. The summed E-state index contributed by atoms with van der Waals surface area (Å²) in [6, 6.07) is 0. The van der Waals surface area contributed by atoms with Crippen molar-refractivity contribution in [3.8, 4) is 0 Å². The highest BCUT2D eigenvalue weighted by atomic mass is 16.5. The van der Waals surface area contributed by atoms with E-state index in [0.29, 0.717) is 13.0 Å². The van der Waals surface area contributed by atoms with Gasteiger partial charge in [0.25, 0.3) is 0 Å². The summed E-state index contributed by atoms with van der Waals surface area (Å²) in [5.74, 6) is 0.0995. The van der Waals surface area contributed by atoms with E-state index in [1.807, 2.05) is 0 Å². The van der Waals surface area contributed by atoms with E-state index in [1.165, 1.54) is 122 Å². The molecule has 1 N–H and O–H groups in total. The van der Waals surface area contributed by atoms with Crippen molar-refractivity contribution in [2.75, 3.05) is 32.8 Å². The number of ether oxygens (including phenoxy) is 2. The Labute approximate surface area is 349 Å². The van der Waals surface area contributed by atoms with Crippen molar-refractivity contribution in [3.05, 3.63) is 0 Å². The lowest BCUT2D eigenvalue weighted by Crippen LogP contribution is -2.33. The molecule has 0 aromatic heterocycles. The smallest absolute Gasteiger partial charge is 0.312 e. The molecule has 1 fully saturated rings. The van der Waals surface area contributed by atoms with E-state index >= 15 is 0 Å². The minimum atomic E-state index is -0.243. The van der Waals surface area contributed by atoms with Gasteiger partial charge in [0.2, 0.25) is 0 Å². The van der Waals surface area contributed by atoms with Crippen LogP contribution in [0.25, 0.3) is 0 Å². The Morgan fingerprint density at radius 3 is 1.61 bits per heavy atom. The molecule has 1 aliphatic rings. The summed E-state index contributed by atoms with van der Waals surface area (Å²) in [5.41, 5.74) is -0.232. The number of rotatable bonds is 41. The van der Waals surface area contributed by atoms with Gasteiger partial charge in [-0.1, -0.05) is 182 Å². The van der Waals surface area contributed by atoms with Crippen molar-refractivity contribution in [1.82, 2.24) is 4.90 Å². The number of esters is 2. The molecule has 0 radical (unpaired) electrons. The number of carbonyl (C=O) groups is 2. The maximum atomic E-state index is 13.9. The SMILES string of the molecule is CCCCCCCCCC(=O)OCC(C)(C)CCCCCN(CCO)CCCCCCC1(C(=O)OC(CCCCCCCC)CCCCCCCC)CCCC1. The first-order valence-electron chi connectivity index (χ1n) is 24.9. The molecule has 0 aliphatic heterocycles. The van der Waals surface area contributed by atoms with Gasteiger partial charge in [0.15, 0.2) is 0 Å². The Hall–Kier alpha value is -1.14. The molecule has 0 heterocycles. The van der Waals surface area contributed by atoms with Crippen molar-refractivity contribution in [1.29, 1.82) is 0 Å². The molecule has 56 heavy (non-hydrogen) atoms. The van der Waals surface area contributed by atoms with Gasteiger partial charge in [0.05, 0.1) is 18.6 Å². The third-order valence-corrected chi connectivity index (χ3v) is 12.8. The monoisotopic (exact) mass is 792 g/mol. The van der Waals surface area contributed by atoms with Crippen LogP contribution in [0.5, 0.6) is 0 Å². The second-order valence-electron chi connectivity index (χ2n) is 18.9. The molecule has 0 saturated heterocycles. The standard InChI is InChI=1S/C50H97NO5/c1-6-9-12-15-18-21-27-36-47(53)55-45-49(4,5)37-28-24-33-42-51(43-44-52)41-32-23-22-29-38-50(39-30-31-40-50)48(54)56-46(34-25-19-16-13-10-7-2)35-26-20-17-14-11-8-3/h46,52H,6-45H2,1-5H3. The van der Waals surface area contributed by atoms with E-state index < -0.39 is 0 Å². The van der Waals surface area contributed by atoms with E-state index in [9.17, 15) is 14.7 Å². The van der Waals surface area contributed by atoms with Gasteiger partial charge < -0.3 is 19.5 Å². The number of hydrogen-bond donors (Lipinski definition) is 1. The molecule has 0 spiro atoms. The molecule has 0 aromatic rings. The molecule has 1 saturated carbocycles. The lowest BCUT2D eigenvalue weighted by molar-refractivity contribution is -0.163. The first kappa shape index (κ1) is 52.9. The summed E-state index contributed by atoms with van der Waals surface area (Å²) in [5, 5.41) is 9.72. The first-order valence-corrected chi connectivity index (χ1v) is 24.9. The van der Waals surface area contributed by atoms with Gasteiger partial charge in [-0.25, -0.2) is 0 Å². The van der Waals surface area contributed by atoms with Gasteiger partial charge in [-0.05, 0) is 89.1 Å². The summed E-state index contributed by atoms with van der Waals surface area (Å²) < 4.78 is 12.1. The van der Waals surface area contributed by atoms with Crippen LogP contribution in [0.2, 0.25) is 0 Å². The molecule has 0 aromatic carbocycles. The van der Waals surface area contributed by atoms with Crippen molar-refractivity contribution < 1.29 is 24.2 Å². The molecule has 0 unspecified atom stereocenters. The molecular formula is C50H97NO5. The van der Waals surface area contributed by atoms with Gasteiger partial charge >= 0.3 is 11.9 Å². The van der Waals surface area contributed by atoms with Crippen LogP contribution in [-0.4, -0.2) is 60.9 Å². The van der Waals surface area contributed by atoms with E-state index in [2.05, 4.69) is 39.5 Å². The van der Waals surface area contributed by atoms with Crippen molar-refractivity contribution in [2.45, 2.75) is 265 Å². The lowest BCUT2D eigenvalue weighted by atomic mass is 9.80. The fraction of sp³-hybridized carbons (Fsp3) is 0.960. The van der Waals surface area contributed by atoms with Crippen molar-refractivity contribution in [3.63, 3.8) is 0 Å². The fourth-order valence-electron chi connectivity index (χ4n) is 8.84. The molecule has 6 heteroatoms. The van der Waals surface area contributed by atoms with Crippen LogP contribution in [-0.2, 0) is 19.1 Å². The number of aliphatic hydroxyl groups is 1. The molecule has 0 bridgehead atoms. The number of hydrogen-bond acceptors (Lipinski definition) is 6. The molecule has 6 nitrogen and oxygen atoms in total. The van der Waals surface area contributed by atoms with E-state index in [0.717, 1.165) is 116 Å². The normalized spacial score (nSPS) is 14.3. The molecule has 0 atom stereocenters. The summed E-state index contributed by atoms with van der Waals surface area (Å²) in [6.45, 7) is 14.8. The quantitative estimate of drug-likeness (QED) is 0.0491. The Kier molecular flexibility index (Phi) is 33.8. The highest BCUT2D eigenvalue weighted by Crippen LogP contribution is 2.44. The second-order valence-corrected chi connectivity index (χ2v) is 18.9. The highest BCUT2D eigenvalue weighted by Gasteiger charge is 2.42. The average Bonchev–Trinajstić information content (AvgIpc) is 3.67. The minimum Gasteiger partial charge on any atom is -0.465 e. The largest absolute Gasteiger partial charge is 0.465 e. The maximum Gasteiger partial charge on any atom is 0.312 e. The predicted molar refractivity (Wildman–Crippen MR) is 239 cm³/mol. The fourth-order valence-corrected chi connectivity index (χ4v) is 8.84. The zero-order valence-corrected chi connectivity index (χ0v) is 38.4. The van der Waals surface area contributed by atoms with Crippen LogP contribution in [0, 0.1) is 10.8 Å². The third kappa shape index (κ3) is 28.3. The number of aliphatic hydroxyl groups excluding tert-OH is 1. The topological polar surface area (TPSA) is 76.1 Å². The Balaban J connectivity index is 2.36. The van der Waals surface area contributed by atoms with Crippen molar-refractivity contribution >= 4 is 11.9 Å². The Bertz CT molecular complexity index is 884. The zero-order chi connectivity index (χ0) is 41.0. The Morgan fingerprint density at radius 2 is 1.07 bits per heavy atom. The molecule has 0 amide bonds. The van der Waals surface area contributed by atoms with Crippen LogP contribution in [0.1, 0.15) is 259 Å². The summed E-state index contributed by atoms with van der Waals surface area (Å²) in [6.07, 6.45) is 41.1. The molecule has 332 valence electrons. The van der Waals surface area contributed by atoms with Gasteiger partial charge in [0, 0.05) is 13.0 Å². The van der Waals surface area contributed by atoms with E-state index in [-0.39, 0.29) is 35.5 Å². The molecule has 1 rings (SSSR count). The minimum absolute atomic E-state index is 0.0111. The first-order chi connectivity index (χ1) is 27.2. The number of carbonyl (C=O) groups excluding carboxylic acids is 2. The van der Waals surface area contributed by atoms with Crippen molar-refractivity contribution in [2.24, 2.45) is 10.8 Å². The average molecular weight is 792 g/mol. The molecular weight excluding hydrogens is 695 g/mol. The summed E-state index contributed by atoms with van der Waals surface area (Å²) in [7, 11) is 0. The summed E-state index contributed by atoms with van der Waals surface area (Å²) >= 11 is 0. The predicted octanol–water partition coefficient (Wildman–Crippen LogP) is 14.5. The third-order valence-electron chi connectivity index (χ3n) is 12.8.